The van der Waals surface area contributed by atoms with Gasteiger partial charge in [0, 0.05) is 0 Å². The number of ether oxygens (including phenoxy) is 3. The molecule has 0 aromatic heterocycles. The summed E-state index contributed by atoms with van der Waals surface area (Å²) in [6.07, 6.45) is -16.6. The molecule has 2 saturated heterocycles. The summed E-state index contributed by atoms with van der Waals surface area (Å²) < 4.78 is 28.7. The Morgan fingerprint density at radius 3 is 2.04 bits per heavy atom. The molecule has 23 heavy (non-hydrogen) atoms. The maximum atomic E-state index is 13.8. The van der Waals surface area contributed by atoms with Gasteiger partial charge in [-0.3, -0.25) is 0 Å². The van der Waals surface area contributed by atoms with Gasteiger partial charge in [0.15, 0.2) is 18.8 Å². The van der Waals surface area contributed by atoms with Gasteiger partial charge >= 0.3 is 0 Å². The largest absolute Gasteiger partial charge is 0.394 e. The molecular weight excluding hydrogens is 323 g/mol. The van der Waals surface area contributed by atoms with Gasteiger partial charge in [-0.25, -0.2) is 4.39 Å². The van der Waals surface area contributed by atoms with Crippen molar-refractivity contribution in [1.29, 1.82) is 0 Å². The summed E-state index contributed by atoms with van der Waals surface area (Å²) in [4.78, 5) is 0. The van der Waals surface area contributed by atoms with Gasteiger partial charge < -0.3 is 50.0 Å². The highest BCUT2D eigenvalue weighted by atomic mass is 19.1. The maximum absolute atomic E-state index is 13.8. The Hall–Kier alpha value is -0.470. The predicted octanol–water partition coefficient (Wildman–Crippen LogP) is -4.42. The van der Waals surface area contributed by atoms with Crippen LogP contribution in [0.1, 0.15) is 0 Å². The molecule has 0 unspecified atom stereocenters. The van der Waals surface area contributed by atoms with E-state index in [0.29, 0.717) is 0 Å². The molecule has 2 rings (SSSR count). The average molecular weight is 344 g/mol. The minimum atomic E-state index is -2.07. The van der Waals surface area contributed by atoms with Crippen molar-refractivity contribution in [3.63, 3.8) is 0 Å². The first-order valence-corrected chi connectivity index (χ1v) is 7.03. The van der Waals surface area contributed by atoms with Crippen molar-refractivity contribution in [3.8, 4) is 0 Å². The lowest BCUT2D eigenvalue weighted by Gasteiger charge is -2.41. The van der Waals surface area contributed by atoms with Gasteiger partial charge in [0.05, 0.1) is 13.2 Å². The van der Waals surface area contributed by atoms with Crippen LogP contribution in [0.2, 0.25) is 0 Å². The van der Waals surface area contributed by atoms with Crippen LogP contribution in [-0.2, 0) is 14.2 Å². The van der Waals surface area contributed by atoms with E-state index in [-0.39, 0.29) is 0 Å². The van der Waals surface area contributed by atoms with Gasteiger partial charge in [-0.15, -0.1) is 0 Å². The SMILES string of the molecule is OC[C@H]1O[C@@H](OC[C@H]2O[C@@H](O)[C@H](O)[C@@H](O)[C@H]2F)[C@H](O)[C@@H](O)[C@H]1O. The van der Waals surface area contributed by atoms with E-state index < -0.39 is 74.7 Å². The lowest BCUT2D eigenvalue weighted by molar-refractivity contribution is -0.321. The van der Waals surface area contributed by atoms with Crippen molar-refractivity contribution >= 4 is 0 Å². The fourth-order valence-corrected chi connectivity index (χ4v) is 2.44. The van der Waals surface area contributed by atoms with Crippen molar-refractivity contribution in [3.05, 3.63) is 0 Å². The van der Waals surface area contributed by atoms with Crippen molar-refractivity contribution in [2.45, 2.75) is 61.5 Å². The van der Waals surface area contributed by atoms with Gasteiger partial charge in [0.1, 0.15) is 42.7 Å². The van der Waals surface area contributed by atoms with E-state index in [1.807, 2.05) is 0 Å². The van der Waals surface area contributed by atoms with Crippen LogP contribution in [0.3, 0.4) is 0 Å². The fourth-order valence-electron chi connectivity index (χ4n) is 2.44. The molecule has 2 aliphatic heterocycles. The molecule has 11 heteroatoms. The Morgan fingerprint density at radius 1 is 0.783 bits per heavy atom. The Bertz CT molecular complexity index is 385. The van der Waals surface area contributed by atoms with Crippen LogP contribution in [0.5, 0.6) is 0 Å². The molecule has 0 bridgehead atoms. The highest BCUT2D eigenvalue weighted by Crippen LogP contribution is 2.25. The lowest BCUT2D eigenvalue weighted by atomic mass is 9.99. The van der Waals surface area contributed by atoms with E-state index in [4.69, 9.17) is 19.3 Å². The first-order valence-electron chi connectivity index (χ1n) is 7.03. The third-order valence-corrected chi connectivity index (χ3v) is 3.91. The van der Waals surface area contributed by atoms with Crippen molar-refractivity contribution in [2.24, 2.45) is 0 Å². The van der Waals surface area contributed by atoms with Crippen LogP contribution in [0, 0.1) is 0 Å². The van der Waals surface area contributed by atoms with Crippen LogP contribution in [0.4, 0.5) is 4.39 Å². The highest BCUT2D eigenvalue weighted by molar-refractivity contribution is 4.91. The molecule has 0 radical (unpaired) electrons. The maximum Gasteiger partial charge on any atom is 0.186 e. The number of aliphatic hydroxyl groups excluding tert-OH is 7. The Balaban J connectivity index is 1.94. The van der Waals surface area contributed by atoms with Gasteiger partial charge in [0.25, 0.3) is 0 Å². The molecule has 10 atom stereocenters. The summed E-state index contributed by atoms with van der Waals surface area (Å²) in [5.41, 5.74) is 0. The second-order valence-corrected chi connectivity index (χ2v) is 5.52. The Morgan fingerprint density at radius 2 is 1.43 bits per heavy atom. The van der Waals surface area contributed by atoms with Crippen molar-refractivity contribution < 1.29 is 54.3 Å². The quantitative estimate of drug-likeness (QED) is 0.264. The van der Waals surface area contributed by atoms with E-state index >= 15 is 0 Å². The smallest absolute Gasteiger partial charge is 0.186 e. The van der Waals surface area contributed by atoms with E-state index in [1.165, 1.54) is 0 Å². The Labute approximate surface area is 130 Å². The summed E-state index contributed by atoms with van der Waals surface area (Å²) in [7, 11) is 0. The Kier molecular flexibility index (Phi) is 6.24. The topological polar surface area (TPSA) is 169 Å². The molecule has 0 spiro atoms. The van der Waals surface area contributed by atoms with E-state index in [9.17, 15) is 35.0 Å². The van der Waals surface area contributed by atoms with Crippen LogP contribution >= 0.6 is 0 Å². The van der Waals surface area contributed by atoms with Gasteiger partial charge in [0.2, 0.25) is 0 Å². The molecular formula is C12H21FO10. The molecule has 2 heterocycles. The van der Waals surface area contributed by atoms with Crippen molar-refractivity contribution in [2.75, 3.05) is 13.2 Å². The predicted molar refractivity (Wildman–Crippen MR) is 67.5 cm³/mol. The van der Waals surface area contributed by atoms with Gasteiger partial charge in [-0.2, -0.15) is 0 Å². The molecule has 0 aromatic rings. The summed E-state index contributed by atoms with van der Waals surface area (Å²) in [5.74, 6) is 0. The third-order valence-electron chi connectivity index (χ3n) is 3.91. The van der Waals surface area contributed by atoms with Crippen molar-refractivity contribution in [1.82, 2.24) is 0 Å². The minimum Gasteiger partial charge on any atom is -0.394 e. The second kappa shape index (κ2) is 7.61. The zero-order valence-corrected chi connectivity index (χ0v) is 11.9. The molecule has 10 nitrogen and oxygen atoms in total. The summed E-state index contributed by atoms with van der Waals surface area (Å²) in [6, 6.07) is 0. The lowest BCUT2D eigenvalue weighted by Crippen LogP contribution is -2.60. The second-order valence-electron chi connectivity index (χ2n) is 5.52. The van der Waals surface area contributed by atoms with Crippen LogP contribution in [-0.4, -0.2) is 110 Å². The van der Waals surface area contributed by atoms with E-state index in [0.717, 1.165) is 0 Å². The monoisotopic (exact) mass is 344 g/mol. The fraction of sp³-hybridized carbons (Fsp3) is 1.00. The van der Waals surface area contributed by atoms with Gasteiger partial charge in [-0.05, 0) is 0 Å². The minimum absolute atomic E-state index is 0.593. The molecule has 136 valence electrons. The molecule has 2 fully saturated rings. The first kappa shape index (κ1) is 18.9. The molecule has 2 aliphatic rings. The summed E-state index contributed by atoms with van der Waals surface area (Å²) in [6.45, 7) is -1.25. The number of hydrogen-bond acceptors (Lipinski definition) is 10. The number of halogens is 1. The normalized spacial score (nSPS) is 51.7. The third kappa shape index (κ3) is 3.79. The number of alkyl halides is 1. The van der Waals surface area contributed by atoms with Gasteiger partial charge in [-0.1, -0.05) is 0 Å². The molecule has 0 amide bonds. The van der Waals surface area contributed by atoms with Crippen LogP contribution in [0.25, 0.3) is 0 Å². The summed E-state index contributed by atoms with van der Waals surface area (Å²) in [5, 5.41) is 66.0. The van der Waals surface area contributed by atoms with Crippen LogP contribution in [0.15, 0.2) is 0 Å². The van der Waals surface area contributed by atoms with Crippen LogP contribution < -0.4 is 0 Å². The average Bonchev–Trinajstić information content (AvgIpc) is 2.54. The highest BCUT2D eigenvalue weighted by Gasteiger charge is 2.47. The van der Waals surface area contributed by atoms with E-state index in [1.54, 1.807) is 0 Å². The zero-order valence-electron chi connectivity index (χ0n) is 11.9. The molecule has 0 saturated carbocycles. The zero-order chi connectivity index (χ0) is 17.3. The molecule has 0 aromatic carbocycles. The number of hydrogen-bond donors (Lipinski definition) is 7. The first-order chi connectivity index (χ1) is 10.8. The summed E-state index contributed by atoms with van der Waals surface area (Å²) >= 11 is 0. The number of rotatable bonds is 4. The van der Waals surface area contributed by atoms with E-state index in [2.05, 4.69) is 0 Å². The molecule has 7 N–H and O–H groups in total. The molecule has 0 aliphatic carbocycles. The standard InChI is InChI=1S/C12H21FO10/c13-5-4(22-11(20)9(18)7(5)16)2-21-12-10(19)8(17)6(15)3(1-14)23-12/h3-12,14-20H,1-2H2/t3-,4-,5+,6+,7+,8+,9-,10-,11-,12-/m1/s1. The number of aliphatic hydroxyl groups is 7.